The zero-order valence-electron chi connectivity index (χ0n) is 11.1. The molecule has 1 amide bonds. The van der Waals surface area contributed by atoms with E-state index in [1.165, 1.54) is 36.5 Å². The Bertz CT molecular complexity index is 810. The zero-order chi connectivity index (χ0) is 15.5. The number of amides is 1. The van der Waals surface area contributed by atoms with Gasteiger partial charge in [-0.2, -0.15) is 0 Å². The maximum Gasteiger partial charge on any atom is 0.261 e. The monoisotopic (exact) mass is 307 g/mol. The highest BCUT2D eigenvalue weighted by Gasteiger charge is 2.10. The first-order chi connectivity index (χ1) is 9.85. The quantitative estimate of drug-likeness (QED) is 0.783. The molecule has 0 atom stereocenters. The highest BCUT2D eigenvalue weighted by atomic mass is 32.2. The predicted molar refractivity (Wildman–Crippen MR) is 79.9 cm³/mol. The smallest absolute Gasteiger partial charge is 0.261 e. The second-order valence-electron chi connectivity index (χ2n) is 4.32. The van der Waals surface area contributed by atoms with Gasteiger partial charge in [0, 0.05) is 17.6 Å². The van der Waals surface area contributed by atoms with Crippen LogP contribution < -0.4 is 15.6 Å². The van der Waals surface area contributed by atoms with E-state index in [0.717, 1.165) is 6.26 Å². The van der Waals surface area contributed by atoms with Gasteiger partial charge in [-0.3, -0.25) is 14.3 Å². The molecule has 0 spiro atoms. The number of pyridine rings is 1. The topological polar surface area (TPSA) is 108 Å². The summed E-state index contributed by atoms with van der Waals surface area (Å²) in [5.74, 6) is -0.541. The maximum atomic E-state index is 11.9. The molecule has 2 rings (SSSR count). The Morgan fingerprint density at radius 2 is 1.71 bits per heavy atom. The number of nitrogens with one attached hydrogen (secondary N) is 3. The molecule has 1 heterocycles. The van der Waals surface area contributed by atoms with Gasteiger partial charge in [0.25, 0.3) is 11.5 Å². The van der Waals surface area contributed by atoms with Crippen molar-refractivity contribution in [2.45, 2.75) is 0 Å². The van der Waals surface area contributed by atoms with Crippen LogP contribution in [-0.2, 0) is 10.0 Å². The second kappa shape index (κ2) is 5.80. The van der Waals surface area contributed by atoms with Crippen LogP contribution in [0.25, 0.3) is 0 Å². The van der Waals surface area contributed by atoms with Gasteiger partial charge >= 0.3 is 0 Å². The third-order valence-corrected chi connectivity index (χ3v) is 3.12. The van der Waals surface area contributed by atoms with E-state index in [2.05, 4.69) is 15.0 Å². The lowest BCUT2D eigenvalue weighted by molar-refractivity contribution is 0.102. The van der Waals surface area contributed by atoms with E-state index in [9.17, 15) is 18.0 Å². The molecule has 0 fully saturated rings. The fourth-order valence-corrected chi connectivity index (χ4v) is 2.20. The Morgan fingerprint density at radius 3 is 2.29 bits per heavy atom. The summed E-state index contributed by atoms with van der Waals surface area (Å²) in [5, 5.41) is 2.55. The predicted octanol–water partition coefficient (Wildman–Crippen LogP) is 0.999. The number of hydrogen-bond acceptors (Lipinski definition) is 4. The number of carbonyl (C=O) groups is 1. The van der Waals surface area contributed by atoms with Crippen LogP contribution in [0.1, 0.15) is 10.4 Å². The SMILES string of the molecule is CS(=O)(=O)Nc1ccc(NC(=O)c2ccc[nH]c2=O)cc1. The summed E-state index contributed by atoms with van der Waals surface area (Å²) in [6, 6.07) is 9.03. The lowest BCUT2D eigenvalue weighted by Gasteiger charge is -2.07. The Labute approximate surface area is 121 Å². The first-order valence-corrected chi connectivity index (χ1v) is 7.81. The molecule has 0 radical (unpaired) electrons. The Hall–Kier alpha value is -2.61. The van der Waals surface area contributed by atoms with Gasteiger partial charge in [-0.05, 0) is 36.4 Å². The first kappa shape index (κ1) is 14.8. The van der Waals surface area contributed by atoms with Crippen LogP contribution in [0.3, 0.4) is 0 Å². The van der Waals surface area contributed by atoms with E-state index in [0.29, 0.717) is 11.4 Å². The number of benzene rings is 1. The Morgan fingerprint density at radius 1 is 1.10 bits per heavy atom. The molecule has 0 bridgehead atoms. The van der Waals surface area contributed by atoms with E-state index < -0.39 is 21.5 Å². The van der Waals surface area contributed by atoms with E-state index in [4.69, 9.17) is 0 Å². The van der Waals surface area contributed by atoms with Crippen molar-refractivity contribution in [1.82, 2.24) is 4.98 Å². The number of aromatic nitrogens is 1. The van der Waals surface area contributed by atoms with E-state index in [-0.39, 0.29) is 5.56 Å². The van der Waals surface area contributed by atoms with Crippen LogP contribution in [-0.4, -0.2) is 25.6 Å². The number of anilines is 2. The van der Waals surface area contributed by atoms with Crippen molar-refractivity contribution in [2.24, 2.45) is 0 Å². The summed E-state index contributed by atoms with van der Waals surface area (Å²) in [4.78, 5) is 25.8. The maximum absolute atomic E-state index is 11.9. The number of rotatable bonds is 4. The highest BCUT2D eigenvalue weighted by Crippen LogP contribution is 2.14. The fraction of sp³-hybridized carbons (Fsp3) is 0.0769. The Kier molecular flexibility index (Phi) is 4.08. The van der Waals surface area contributed by atoms with Crippen molar-refractivity contribution in [1.29, 1.82) is 0 Å². The van der Waals surface area contributed by atoms with Crippen molar-refractivity contribution in [2.75, 3.05) is 16.3 Å². The van der Waals surface area contributed by atoms with Crippen molar-refractivity contribution in [3.8, 4) is 0 Å². The normalized spacial score (nSPS) is 10.9. The summed E-state index contributed by atoms with van der Waals surface area (Å²) < 4.78 is 24.4. The first-order valence-electron chi connectivity index (χ1n) is 5.92. The molecule has 1 aromatic heterocycles. The van der Waals surface area contributed by atoms with Gasteiger partial charge in [0.2, 0.25) is 10.0 Å². The minimum atomic E-state index is -3.34. The van der Waals surface area contributed by atoms with Gasteiger partial charge in [0.15, 0.2) is 0 Å². The third-order valence-electron chi connectivity index (χ3n) is 2.51. The number of hydrogen-bond donors (Lipinski definition) is 3. The molecule has 1 aromatic carbocycles. The molecule has 21 heavy (non-hydrogen) atoms. The molecular weight excluding hydrogens is 294 g/mol. The molecule has 0 unspecified atom stereocenters. The summed E-state index contributed by atoms with van der Waals surface area (Å²) in [6.45, 7) is 0. The molecule has 0 aliphatic rings. The number of sulfonamides is 1. The van der Waals surface area contributed by atoms with Crippen molar-refractivity contribution >= 4 is 27.3 Å². The van der Waals surface area contributed by atoms with Gasteiger partial charge in [0.05, 0.1) is 6.26 Å². The standard InChI is InChI=1S/C13H13N3O4S/c1-21(19,20)16-10-6-4-9(5-7-10)15-13(18)11-3-2-8-14-12(11)17/h2-8,16H,1H3,(H,14,17)(H,15,18). The van der Waals surface area contributed by atoms with Crippen LogP contribution >= 0.6 is 0 Å². The van der Waals surface area contributed by atoms with Gasteiger partial charge in [-0.25, -0.2) is 8.42 Å². The van der Waals surface area contributed by atoms with Gasteiger partial charge < -0.3 is 10.3 Å². The van der Waals surface area contributed by atoms with Crippen molar-refractivity contribution in [3.63, 3.8) is 0 Å². The van der Waals surface area contributed by atoms with Crippen molar-refractivity contribution in [3.05, 3.63) is 58.5 Å². The molecule has 7 nitrogen and oxygen atoms in total. The number of carbonyl (C=O) groups excluding carboxylic acids is 1. The molecular formula is C13H13N3O4S. The van der Waals surface area contributed by atoms with Crippen molar-refractivity contribution < 1.29 is 13.2 Å². The highest BCUT2D eigenvalue weighted by molar-refractivity contribution is 7.92. The lowest BCUT2D eigenvalue weighted by Crippen LogP contribution is -2.22. The lowest BCUT2D eigenvalue weighted by atomic mass is 10.2. The average Bonchev–Trinajstić information content (AvgIpc) is 2.40. The van der Waals surface area contributed by atoms with Gasteiger partial charge in [0.1, 0.15) is 5.56 Å². The van der Waals surface area contributed by atoms with E-state index in [1.54, 1.807) is 6.07 Å². The molecule has 0 saturated carbocycles. The van der Waals surface area contributed by atoms with Gasteiger partial charge in [-0.1, -0.05) is 0 Å². The van der Waals surface area contributed by atoms with Crippen LogP contribution in [0.5, 0.6) is 0 Å². The van der Waals surface area contributed by atoms with Crippen LogP contribution in [0.15, 0.2) is 47.4 Å². The summed E-state index contributed by atoms with van der Waals surface area (Å²) in [5.41, 5.74) is 0.344. The average molecular weight is 307 g/mol. The van der Waals surface area contributed by atoms with E-state index in [1.807, 2.05) is 0 Å². The third kappa shape index (κ3) is 4.18. The van der Waals surface area contributed by atoms with Gasteiger partial charge in [-0.15, -0.1) is 0 Å². The summed E-state index contributed by atoms with van der Waals surface area (Å²) in [7, 11) is -3.34. The largest absolute Gasteiger partial charge is 0.328 e. The number of H-pyrrole nitrogens is 1. The molecule has 0 aliphatic heterocycles. The molecule has 110 valence electrons. The molecule has 8 heteroatoms. The van der Waals surface area contributed by atoms with Crippen LogP contribution in [0.4, 0.5) is 11.4 Å². The molecule has 3 N–H and O–H groups in total. The summed E-state index contributed by atoms with van der Waals surface area (Å²) in [6.07, 6.45) is 2.48. The van der Waals surface area contributed by atoms with E-state index >= 15 is 0 Å². The Balaban J connectivity index is 2.12. The second-order valence-corrected chi connectivity index (χ2v) is 6.07. The molecule has 2 aromatic rings. The minimum Gasteiger partial charge on any atom is -0.328 e. The molecule has 0 saturated heterocycles. The van der Waals surface area contributed by atoms with Crippen LogP contribution in [0, 0.1) is 0 Å². The zero-order valence-corrected chi connectivity index (χ0v) is 11.9. The number of aromatic amines is 1. The van der Waals surface area contributed by atoms with Crippen LogP contribution in [0.2, 0.25) is 0 Å². The molecule has 0 aliphatic carbocycles. The summed E-state index contributed by atoms with van der Waals surface area (Å²) >= 11 is 0. The minimum absolute atomic E-state index is 0.00385. The fourth-order valence-electron chi connectivity index (χ4n) is 1.63.